The van der Waals surface area contributed by atoms with E-state index >= 15 is 0 Å². The minimum atomic E-state index is 0.0457. The quantitative estimate of drug-likeness (QED) is 0.600. The highest BCUT2D eigenvalue weighted by Gasteiger charge is 2.27. The molecule has 5 nitrogen and oxygen atoms in total. The van der Waals surface area contributed by atoms with Gasteiger partial charge in [0.1, 0.15) is 0 Å². The molecule has 2 unspecified atom stereocenters. The number of aromatic nitrogens is 2. The maximum Gasteiger partial charge on any atom is 0.0890 e. The number of hydrogen-bond acceptors (Lipinski definition) is 4. The van der Waals surface area contributed by atoms with Gasteiger partial charge in [0, 0.05) is 19.3 Å². The van der Waals surface area contributed by atoms with Crippen LogP contribution in [-0.4, -0.2) is 22.5 Å². The molecule has 2 atom stereocenters. The molecule has 1 aromatic heterocycles. The van der Waals surface area contributed by atoms with Crippen LogP contribution < -0.4 is 11.3 Å². The highest BCUT2D eigenvalue weighted by molar-refractivity contribution is 5.09. The summed E-state index contributed by atoms with van der Waals surface area (Å²) in [4.78, 5) is 0. The van der Waals surface area contributed by atoms with E-state index in [1.807, 2.05) is 16.9 Å². The molecule has 3 N–H and O–H groups in total. The van der Waals surface area contributed by atoms with Gasteiger partial charge in [-0.2, -0.15) is 5.10 Å². The van der Waals surface area contributed by atoms with Gasteiger partial charge >= 0.3 is 0 Å². The van der Waals surface area contributed by atoms with Crippen LogP contribution in [0, 0.1) is 0 Å². The van der Waals surface area contributed by atoms with E-state index in [0.29, 0.717) is 0 Å². The third-order valence-corrected chi connectivity index (χ3v) is 3.27. The molecule has 96 valence electrons. The molecule has 0 amide bonds. The van der Waals surface area contributed by atoms with E-state index in [4.69, 9.17) is 10.6 Å². The molecule has 1 saturated heterocycles. The number of hydrogen-bond donors (Lipinski definition) is 2. The summed E-state index contributed by atoms with van der Waals surface area (Å²) in [5.74, 6) is 5.69. The van der Waals surface area contributed by atoms with Gasteiger partial charge in [0.15, 0.2) is 0 Å². The summed E-state index contributed by atoms with van der Waals surface area (Å²) in [6.45, 7) is 3.91. The summed E-state index contributed by atoms with van der Waals surface area (Å²) in [5, 5.41) is 4.34. The number of hydrazine groups is 1. The fourth-order valence-electron chi connectivity index (χ4n) is 2.42. The number of ether oxygens (including phenoxy) is 1. The fourth-order valence-corrected chi connectivity index (χ4v) is 2.42. The van der Waals surface area contributed by atoms with Crippen LogP contribution in [0.1, 0.15) is 44.3 Å². The first-order valence-electron chi connectivity index (χ1n) is 6.46. The first kappa shape index (κ1) is 12.5. The molecule has 1 aliphatic heterocycles. The lowest BCUT2D eigenvalue weighted by Gasteiger charge is -2.30. The lowest BCUT2D eigenvalue weighted by Crippen LogP contribution is -2.40. The SMILES string of the molecule is CCCn1nccc1C(NN)C1CCCCO1. The Bertz CT molecular complexity index is 333. The topological polar surface area (TPSA) is 65.1 Å². The van der Waals surface area contributed by atoms with E-state index in [2.05, 4.69) is 17.4 Å². The molecule has 2 rings (SSSR count). The minimum Gasteiger partial charge on any atom is -0.376 e. The second-order valence-electron chi connectivity index (χ2n) is 4.53. The van der Waals surface area contributed by atoms with Gasteiger partial charge < -0.3 is 4.74 Å². The lowest BCUT2D eigenvalue weighted by molar-refractivity contribution is -0.0101. The molecule has 2 heterocycles. The Morgan fingerprint density at radius 3 is 3.18 bits per heavy atom. The fraction of sp³-hybridized carbons (Fsp3) is 0.750. The Morgan fingerprint density at radius 2 is 2.53 bits per heavy atom. The highest BCUT2D eigenvalue weighted by atomic mass is 16.5. The predicted octanol–water partition coefficient (Wildman–Crippen LogP) is 1.37. The smallest absolute Gasteiger partial charge is 0.0890 e. The van der Waals surface area contributed by atoms with E-state index in [1.54, 1.807) is 0 Å². The summed E-state index contributed by atoms with van der Waals surface area (Å²) in [7, 11) is 0. The van der Waals surface area contributed by atoms with Crippen molar-refractivity contribution >= 4 is 0 Å². The van der Waals surface area contributed by atoms with Crippen molar-refractivity contribution in [2.75, 3.05) is 6.61 Å². The van der Waals surface area contributed by atoms with Gasteiger partial charge in [0.2, 0.25) is 0 Å². The van der Waals surface area contributed by atoms with Gasteiger partial charge in [-0.1, -0.05) is 6.92 Å². The largest absolute Gasteiger partial charge is 0.376 e. The van der Waals surface area contributed by atoms with Crippen LogP contribution >= 0.6 is 0 Å². The maximum absolute atomic E-state index is 5.80. The van der Waals surface area contributed by atoms with E-state index < -0.39 is 0 Å². The zero-order chi connectivity index (χ0) is 12.1. The molecule has 0 aliphatic carbocycles. The second kappa shape index (κ2) is 6.14. The van der Waals surface area contributed by atoms with Crippen molar-refractivity contribution in [2.24, 2.45) is 5.84 Å². The number of nitrogens with two attached hydrogens (primary N) is 1. The van der Waals surface area contributed by atoms with E-state index in [0.717, 1.165) is 38.1 Å². The molecule has 5 heteroatoms. The van der Waals surface area contributed by atoms with Crippen molar-refractivity contribution in [3.63, 3.8) is 0 Å². The van der Waals surface area contributed by atoms with E-state index in [1.165, 1.54) is 6.42 Å². The summed E-state index contributed by atoms with van der Waals surface area (Å²) < 4.78 is 7.82. The van der Waals surface area contributed by atoms with Crippen LogP contribution in [0.4, 0.5) is 0 Å². The molecule has 1 fully saturated rings. The van der Waals surface area contributed by atoms with E-state index in [-0.39, 0.29) is 12.1 Å². The van der Waals surface area contributed by atoms with Crippen molar-refractivity contribution in [2.45, 2.75) is 51.3 Å². The van der Waals surface area contributed by atoms with Gasteiger partial charge in [-0.15, -0.1) is 0 Å². The third-order valence-electron chi connectivity index (χ3n) is 3.27. The normalized spacial score (nSPS) is 22.6. The summed E-state index contributed by atoms with van der Waals surface area (Å²) in [5.41, 5.74) is 4.01. The van der Waals surface area contributed by atoms with Crippen LogP contribution in [0.3, 0.4) is 0 Å². The maximum atomic E-state index is 5.80. The molecular formula is C12H22N4O. The van der Waals surface area contributed by atoms with Crippen molar-refractivity contribution in [1.29, 1.82) is 0 Å². The monoisotopic (exact) mass is 238 g/mol. The number of aryl methyl sites for hydroxylation is 1. The lowest BCUT2D eigenvalue weighted by atomic mass is 10.00. The first-order valence-corrected chi connectivity index (χ1v) is 6.46. The molecule has 0 aromatic carbocycles. The molecule has 0 spiro atoms. The summed E-state index contributed by atoms with van der Waals surface area (Å²) >= 11 is 0. The number of nitrogens with one attached hydrogen (secondary N) is 1. The van der Waals surface area contributed by atoms with Crippen LogP contribution in [0.15, 0.2) is 12.3 Å². The van der Waals surface area contributed by atoms with Crippen LogP contribution in [-0.2, 0) is 11.3 Å². The second-order valence-corrected chi connectivity index (χ2v) is 4.53. The molecule has 0 bridgehead atoms. The molecule has 1 aliphatic rings. The van der Waals surface area contributed by atoms with Crippen LogP contribution in [0.25, 0.3) is 0 Å². The Labute approximate surface area is 102 Å². The van der Waals surface area contributed by atoms with Crippen molar-refractivity contribution < 1.29 is 4.74 Å². The van der Waals surface area contributed by atoms with Gasteiger partial charge in [0.05, 0.1) is 17.8 Å². The average molecular weight is 238 g/mol. The van der Waals surface area contributed by atoms with Gasteiger partial charge in [-0.3, -0.25) is 10.5 Å². The first-order chi connectivity index (χ1) is 8.36. The Hall–Kier alpha value is -0.910. The number of rotatable bonds is 5. The average Bonchev–Trinajstić information content (AvgIpc) is 2.81. The number of nitrogens with zero attached hydrogens (tertiary/aromatic N) is 2. The molecular weight excluding hydrogens is 216 g/mol. The molecule has 0 saturated carbocycles. The highest BCUT2D eigenvalue weighted by Crippen LogP contribution is 2.25. The van der Waals surface area contributed by atoms with Gasteiger partial charge in [-0.05, 0) is 31.7 Å². The Morgan fingerprint density at radius 1 is 1.65 bits per heavy atom. The zero-order valence-electron chi connectivity index (χ0n) is 10.4. The third kappa shape index (κ3) is 2.86. The summed E-state index contributed by atoms with van der Waals surface area (Å²) in [6.07, 6.45) is 6.50. The summed E-state index contributed by atoms with van der Waals surface area (Å²) in [6, 6.07) is 2.07. The molecule has 17 heavy (non-hydrogen) atoms. The standard InChI is InChI=1S/C12H22N4O/c1-2-8-16-10(6-7-14-16)12(15-13)11-5-3-4-9-17-11/h6-7,11-12,15H,2-5,8-9,13H2,1H3. The van der Waals surface area contributed by atoms with Crippen molar-refractivity contribution in [1.82, 2.24) is 15.2 Å². The van der Waals surface area contributed by atoms with Crippen molar-refractivity contribution in [3.8, 4) is 0 Å². The minimum absolute atomic E-state index is 0.0457. The Kier molecular flexibility index (Phi) is 4.53. The van der Waals surface area contributed by atoms with Gasteiger partial charge in [-0.25, -0.2) is 5.43 Å². The van der Waals surface area contributed by atoms with Crippen LogP contribution in [0.5, 0.6) is 0 Å². The molecule has 1 aromatic rings. The predicted molar refractivity (Wildman–Crippen MR) is 66.2 cm³/mol. The van der Waals surface area contributed by atoms with Crippen molar-refractivity contribution in [3.05, 3.63) is 18.0 Å². The zero-order valence-corrected chi connectivity index (χ0v) is 10.4. The van der Waals surface area contributed by atoms with Crippen LogP contribution in [0.2, 0.25) is 0 Å². The Balaban J connectivity index is 2.12. The van der Waals surface area contributed by atoms with E-state index in [9.17, 15) is 0 Å². The molecule has 0 radical (unpaired) electrons. The van der Waals surface area contributed by atoms with Gasteiger partial charge in [0.25, 0.3) is 0 Å².